The number of sulfone groups is 1. The summed E-state index contributed by atoms with van der Waals surface area (Å²) in [5.41, 5.74) is 1.06. The van der Waals surface area contributed by atoms with E-state index in [0.717, 1.165) is 0 Å². The van der Waals surface area contributed by atoms with E-state index in [1.165, 1.54) is 29.5 Å². The largest absolute Gasteiger partial charge is 0.380 e. The molecule has 30 heavy (non-hydrogen) atoms. The number of ether oxygens (including phenoxy) is 1. The Balaban J connectivity index is 1.89. The Morgan fingerprint density at radius 3 is 2.57 bits per heavy atom. The Kier molecular flexibility index (Phi) is 7.17. The number of carbonyl (C=O) groups is 1. The van der Waals surface area contributed by atoms with Gasteiger partial charge in [0.25, 0.3) is 5.91 Å². The highest BCUT2D eigenvalue weighted by Gasteiger charge is 2.13. The summed E-state index contributed by atoms with van der Waals surface area (Å²) < 4.78 is 46.0. The molecule has 0 aliphatic carbocycles. The number of nitrogens with zero attached hydrogens (tertiary/aromatic N) is 2. The van der Waals surface area contributed by atoms with Gasteiger partial charge in [-0.25, -0.2) is 12.8 Å². The molecule has 0 saturated carbocycles. The van der Waals surface area contributed by atoms with Crippen molar-refractivity contribution < 1.29 is 22.3 Å². The number of rotatable bonds is 8. The number of hydrogen-bond donors (Lipinski definition) is 0. The first-order valence-corrected chi connectivity index (χ1v) is 12.1. The molecular weight excluding hydrogens is 427 g/mol. The van der Waals surface area contributed by atoms with Crippen molar-refractivity contribution >= 4 is 37.3 Å². The minimum Gasteiger partial charge on any atom is -0.380 e. The fourth-order valence-corrected chi connectivity index (χ4v) is 4.95. The number of hydrogen-bond acceptors (Lipinski definition) is 5. The summed E-state index contributed by atoms with van der Waals surface area (Å²) in [5, 5.41) is 0. The number of halogens is 1. The molecule has 1 amide bonds. The van der Waals surface area contributed by atoms with Gasteiger partial charge in [-0.1, -0.05) is 36.5 Å². The standard InChI is InChI=1S/C21H23FN2O4S2/c1-3-28-13-12-24-20-17(22)6-5-7-18(20)29-21(24)23-19(25)14-15-8-10-16(11-9-15)30(26,27)4-2/h5-11H,3-4,12-14H2,1-2H3. The lowest BCUT2D eigenvalue weighted by Crippen LogP contribution is -2.20. The fourth-order valence-electron chi connectivity index (χ4n) is 2.98. The number of aromatic nitrogens is 1. The van der Waals surface area contributed by atoms with Crippen LogP contribution in [0.25, 0.3) is 10.2 Å². The lowest BCUT2D eigenvalue weighted by atomic mass is 10.1. The highest BCUT2D eigenvalue weighted by Crippen LogP contribution is 2.20. The Hall–Kier alpha value is -2.36. The molecule has 0 saturated heterocycles. The molecule has 9 heteroatoms. The minimum absolute atomic E-state index is 0.0187. The zero-order valence-corrected chi connectivity index (χ0v) is 18.4. The molecule has 0 bridgehead atoms. The van der Waals surface area contributed by atoms with E-state index in [9.17, 15) is 17.6 Å². The van der Waals surface area contributed by atoms with Crippen LogP contribution in [0.1, 0.15) is 19.4 Å². The highest BCUT2D eigenvalue weighted by molar-refractivity contribution is 7.91. The van der Waals surface area contributed by atoms with E-state index in [0.29, 0.717) is 40.3 Å². The van der Waals surface area contributed by atoms with Gasteiger partial charge in [-0.2, -0.15) is 4.99 Å². The van der Waals surface area contributed by atoms with Crippen molar-refractivity contribution in [1.29, 1.82) is 0 Å². The minimum atomic E-state index is -3.29. The topological polar surface area (TPSA) is 77.7 Å². The average molecular weight is 451 g/mol. The van der Waals surface area contributed by atoms with Gasteiger partial charge < -0.3 is 9.30 Å². The van der Waals surface area contributed by atoms with Gasteiger partial charge in [-0.3, -0.25) is 4.79 Å². The SMILES string of the molecule is CCOCCn1c(=NC(=O)Cc2ccc(S(=O)(=O)CC)cc2)sc2cccc(F)c21. The maximum absolute atomic E-state index is 14.4. The van der Waals surface area contributed by atoms with Crippen molar-refractivity contribution in [1.82, 2.24) is 4.57 Å². The second-order valence-corrected chi connectivity index (χ2v) is 9.84. The van der Waals surface area contributed by atoms with Gasteiger partial charge in [0.15, 0.2) is 14.6 Å². The van der Waals surface area contributed by atoms with E-state index in [1.54, 1.807) is 35.8 Å². The van der Waals surface area contributed by atoms with Crippen molar-refractivity contribution in [3.63, 3.8) is 0 Å². The molecule has 160 valence electrons. The third kappa shape index (κ3) is 5.03. The Morgan fingerprint density at radius 1 is 1.17 bits per heavy atom. The first-order valence-electron chi connectivity index (χ1n) is 9.60. The van der Waals surface area contributed by atoms with Gasteiger partial charge in [0.1, 0.15) is 5.82 Å². The molecule has 0 fully saturated rings. The van der Waals surface area contributed by atoms with Gasteiger partial charge in [-0.15, -0.1) is 0 Å². The quantitative estimate of drug-likeness (QED) is 0.493. The van der Waals surface area contributed by atoms with Crippen molar-refractivity contribution in [2.24, 2.45) is 4.99 Å². The van der Waals surface area contributed by atoms with Crippen LogP contribution in [-0.2, 0) is 32.3 Å². The highest BCUT2D eigenvalue weighted by atomic mass is 32.2. The van der Waals surface area contributed by atoms with E-state index in [-0.39, 0.29) is 22.9 Å². The van der Waals surface area contributed by atoms with Crippen LogP contribution in [-0.4, -0.2) is 37.9 Å². The predicted octanol–water partition coefficient (Wildman–Crippen LogP) is 3.34. The summed E-state index contributed by atoms with van der Waals surface area (Å²) in [4.78, 5) is 17.4. The molecule has 3 rings (SSSR count). The Labute approximate surface area is 178 Å². The summed E-state index contributed by atoms with van der Waals surface area (Å²) in [5.74, 6) is -0.745. The number of amides is 1. The first kappa shape index (κ1) is 22.3. The smallest absolute Gasteiger partial charge is 0.252 e. The third-order valence-electron chi connectivity index (χ3n) is 4.55. The molecule has 3 aromatic rings. The summed E-state index contributed by atoms with van der Waals surface area (Å²) in [6.45, 7) is 4.76. The van der Waals surface area contributed by atoms with Crippen LogP contribution >= 0.6 is 11.3 Å². The van der Waals surface area contributed by atoms with Crippen molar-refractivity contribution in [2.75, 3.05) is 19.0 Å². The van der Waals surface area contributed by atoms with E-state index >= 15 is 0 Å². The van der Waals surface area contributed by atoms with Crippen molar-refractivity contribution in [3.8, 4) is 0 Å². The van der Waals surface area contributed by atoms with Gasteiger partial charge in [0.2, 0.25) is 0 Å². The van der Waals surface area contributed by atoms with Crippen LogP contribution in [0.2, 0.25) is 0 Å². The number of fused-ring (bicyclic) bond motifs is 1. The van der Waals surface area contributed by atoms with E-state index in [2.05, 4.69) is 4.99 Å². The lowest BCUT2D eigenvalue weighted by molar-refractivity contribution is -0.117. The summed E-state index contributed by atoms with van der Waals surface area (Å²) >= 11 is 1.24. The zero-order chi connectivity index (χ0) is 21.7. The Bertz CT molecular complexity index is 1210. The maximum Gasteiger partial charge on any atom is 0.252 e. The maximum atomic E-state index is 14.4. The molecule has 1 aromatic heterocycles. The van der Waals surface area contributed by atoms with Crippen molar-refractivity contribution in [2.45, 2.75) is 31.7 Å². The second-order valence-electron chi connectivity index (χ2n) is 6.55. The average Bonchev–Trinajstić information content (AvgIpc) is 3.07. The molecule has 0 radical (unpaired) electrons. The summed E-state index contributed by atoms with van der Waals surface area (Å²) in [7, 11) is -3.29. The normalized spacial score (nSPS) is 12.6. The van der Waals surface area contributed by atoms with E-state index in [1.807, 2.05) is 6.92 Å². The number of carbonyl (C=O) groups excluding carboxylic acids is 1. The molecule has 0 aliphatic heterocycles. The van der Waals surface area contributed by atoms with Crippen molar-refractivity contribution in [3.05, 3.63) is 58.6 Å². The predicted molar refractivity (Wildman–Crippen MR) is 115 cm³/mol. The van der Waals surface area contributed by atoms with Crippen LogP contribution in [0.4, 0.5) is 4.39 Å². The van der Waals surface area contributed by atoms with Gasteiger partial charge >= 0.3 is 0 Å². The van der Waals surface area contributed by atoms with E-state index < -0.39 is 15.7 Å². The van der Waals surface area contributed by atoms with Crippen LogP contribution in [0.3, 0.4) is 0 Å². The molecule has 6 nitrogen and oxygen atoms in total. The summed E-state index contributed by atoms with van der Waals surface area (Å²) in [6, 6.07) is 11.0. The second kappa shape index (κ2) is 9.63. The van der Waals surface area contributed by atoms with Gasteiger partial charge in [0, 0.05) is 13.2 Å². The molecule has 0 aliphatic rings. The molecule has 0 spiro atoms. The molecule has 0 unspecified atom stereocenters. The summed E-state index contributed by atoms with van der Waals surface area (Å²) in [6.07, 6.45) is 0.0225. The Morgan fingerprint density at radius 2 is 1.90 bits per heavy atom. The molecule has 2 aromatic carbocycles. The van der Waals surface area contributed by atoms with E-state index in [4.69, 9.17) is 4.74 Å². The zero-order valence-electron chi connectivity index (χ0n) is 16.8. The van der Waals surface area contributed by atoms with Crippen LogP contribution in [0.5, 0.6) is 0 Å². The molecule has 1 heterocycles. The first-order chi connectivity index (χ1) is 14.4. The number of benzene rings is 2. The molecule has 0 atom stereocenters. The van der Waals surface area contributed by atoms with Gasteiger partial charge in [-0.05, 0) is 36.8 Å². The monoisotopic (exact) mass is 450 g/mol. The van der Waals surface area contributed by atoms with Crippen LogP contribution < -0.4 is 4.80 Å². The number of para-hydroxylation sites is 1. The molecule has 0 N–H and O–H groups in total. The number of thiazole rings is 1. The molecular formula is C21H23FN2O4S2. The lowest BCUT2D eigenvalue weighted by Gasteiger charge is -2.06. The third-order valence-corrected chi connectivity index (χ3v) is 7.35. The fraction of sp³-hybridized carbons (Fsp3) is 0.333. The van der Waals surface area contributed by atoms with Gasteiger partial charge in [0.05, 0.1) is 33.9 Å². The van der Waals surface area contributed by atoms with Crippen LogP contribution in [0, 0.1) is 5.82 Å². The van der Waals surface area contributed by atoms with Crippen LogP contribution in [0.15, 0.2) is 52.4 Å².